The molecule has 1 aliphatic rings. The van der Waals surface area contributed by atoms with Crippen LogP contribution in [-0.2, 0) is 25.6 Å². The maximum atomic E-state index is 12.7. The largest absolute Gasteiger partial charge is 0.543 e. The molecule has 1 aliphatic heterocycles. The van der Waals surface area contributed by atoms with E-state index in [1.54, 1.807) is 0 Å². The smallest absolute Gasteiger partial charge is 0.240 e. The molecule has 3 atom stereocenters. The molecule has 3 unspecified atom stereocenters. The molecule has 9 nitrogen and oxygen atoms in total. The molecule has 28 heavy (non-hydrogen) atoms. The average molecular weight is 391 g/mol. The van der Waals surface area contributed by atoms with Crippen molar-refractivity contribution in [2.24, 2.45) is 11.5 Å². The Kier molecular flexibility index (Phi) is 8.59. The molecule has 0 radical (unpaired) electrons. The second kappa shape index (κ2) is 10.4. The fourth-order valence-corrected chi connectivity index (χ4v) is 3.17. The van der Waals surface area contributed by atoms with Crippen LogP contribution in [0, 0.1) is 0 Å². The number of Topliss-reactive ketones (excluding diaryl/α,β-unsaturated/α-hetero) is 1. The van der Waals surface area contributed by atoms with Gasteiger partial charge in [-0.1, -0.05) is 38.5 Å². The zero-order valence-electron chi connectivity index (χ0n) is 15.9. The Labute approximate surface area is 163 Å². The van der Waals surface area contributed by atoms with Gasteiger partial charge in [0.1, 0.15) is 6.04 Å². The van der Waals surface area contributed by atoms with Crippen molar-refractivity contribution in [3.63, 3.8) is 0 Å². The number of benzene rings is 1. The van der Waals surface area contributed by atoms with E-state index in [-0.39, 0.29) is 11.8 Å². The van der Waals surface area contributed by atoms with Crippen molar-refractivity contribution in [2.45, 2.75) is 57.7 Å². The fourth-order valence-electron chi connectivity index (χ4n) is 3.17. The van der Waals surface area contributed by atoms with Crippen LogP contribution >= 0.6 is 0 Å². The van der Waals surface area contributed by atoms with E-state index in [1.165, 1.54) is 0 Å². The van der Waals surface area contributed by atoms with Crippen molar-refractivity contribution in [1.29, 1.82) is 0 Å². The fraction of sp³-hybridized carbons (Fsp3) is 0.474. The lowest BCUT2D eigenvalue weighted by Gasteiger charge is -2.34. The molecule has 2 rings (SSSR count). The van der Waals surface area contributed by atoms with Gasteiger partial charge in [0.25, 0.3) is 0 Å². The molecule has 0 saturated carbocycles. The van der Waals surface area contributed by atoms with Crippen molar-refractivity contribution in [1.82, 2.24) is 0 Å². The number of ketones is 1. The Morgan fingerprint density at radius 3 is 2.18 bits per heavy atom. The molecule has 1 amide bonds. The number of fused-ring (bicyclic) bond motifs is 1. The number of hydrogen-bond donors (Lipinski definition) is 2. The predicted molar refractivity (Wildman–Crippen MR) is 97.6 cm³/mol. The third-order valence-corrected chi connectivity index (χ3v) is 4.55. The number of aliphatic carboxylic acids is 2. The summed E-state index contributed by atoms with van der Waals surface area (Å²) in [5.41, 5.74) is 13.5. The highest BCUT2D eigenvalue weighted by Crippen LogP contribution is 2.35. The number of primary amides is 1. The molecule has 154 valence electrons. The summed E-state index contributed by atoms with van der Waals surface area (Å²) < 4.78 is 0. The molecule has 1 aromatic rings. The summed E-state index contributed by atoms with van der Waals surface area (Å²) in [5.74, 6) is -4.77. The zero-order chi connectivity index (χ0) is 21.4. The first kappa shape index (κ1) is 23.1. The van der Waals surface area contributed by atoms with E-state index in [1.807, 2.05) is 43.0 Å². The Balaban J connectivity index is 0.000000568. The number of para-hydroxylation sites is 1. The third kappa shape index (κ3) is 5.53. The van der Waals surface area contributed by atoms with Gasteiger partial charge in [-0.15, -0.1) is 0 Å². The minimum atomic E-state index is -2.19. The maximum Gasteiger partial charge on any atom is 0.240 e. The standard InChI is InChI=1S/C17H25N3O2.C2H2O4/c1-3-7-14(16(21)12(18)4-2)20-13-9-6-5-8-11(13)10-15(20)17(19)22;3-1(4)2(5)6/h5-6,8-9,12,14-15H,3-4,7,10,18H2,1-2H3,(H2,19,22);(H,3,4)(H,5,6)/p-2. The number of nitrogens with zero attached hydrogens (tertiary/aromatic N) is 1. The van der Waals surface area contributed by atoms with Gasteiger partial charge in [0.15, 0.2) is 5.78 Å². The predicted octanol–water partition coefficient (Wildman–Crippen LogP) is -2.14. The van der Waals surface area contributed by atoms with Crippen molar-refractivity contribution >= 4 is 29.3 Å². The topological polar surface area (TPSA) is 170 Å². The lowest BCUT2D eigenvalue weighted by atomic mass is 9.97. The SMILES string of the molecule is CCCC(C(=O)C(N)CC)N1c2ccccc2CC1C(N)=O.O=C([O-])C(=O)[O-]. The number of rotatable bonds is 7. The quantitative estimate of drug-likeness (QED) is 0.496. The Morgan fingerprint density at radius 1 is 1.14 bits per heavy atom. The molecule has 1 aromatic carbocycles. The molecule has 0 saturated heterocycles. The number of amides is 1. The van der Waals surface area contributed by atoms with Gasteiger partial charge >= 0.3 is 0 Å². The molecule has 0 bridgehead atoms. The molecule has 0 aliphatic carbocycles. The Morgan fingerprint density at radius 2 is 1.71 bits per heavy atom. The molecule has 0 fully saturated rings. The maximum absolute atomic E-state index is 12.7. The van der Waals surface area contributed by atoms with E-state index in [0.29, 0.717) is 19.3 Å². The number of anilines is 1. The zero-order valence-corrected chi connectivity index (χ0v) is 15.9. The van der Waals surface area contributed by atoms with E-state index in [9.17, 15) is 9.59 Å². The highest BCUT2D eigenvalue weighted by Gasteiger charge is 2.40. The lowest BCUT2D eigenvalue weighted by Crippen LogP contribution is -2.54. The molecular formula is C19H25N3O6-2. The van der Waals surface area contributed by atoms with Crippen LogP contribution in [-0.4, -0.2) is 41.8 Å². The van der Waals surface area contributed by atoms with Gasteiger partial charge in [-0.3, -0.25) is 9.59 Å². The van der Waals surface area contributed by atoms with E-state index in [0.717, 1.165) is 17.7 Å². The van der Waals surface area contributed by atoms with E-state index >= 15 is 0 Å². The molecule has 0 spiro atoms. The molecule has 0 aromatic heterocycles. The third-order valence-electron chi connectivity index (χ3n) is 4.55. The summed E-state index contributed by atoms with van der Waals surface area (Å²) in [6.45, 7) is 3.92. The first-order chi connectivity index (χ1) is 13.1. The second-order valence-electron chi connectivity index (χ2n) is 6.45. The summed E-state index contributed by atoms with van der Waals surface area (Å²) in [6, 6.07) is 6.43. The van der Waals surface area contributed by atoms with Crippen molar-refractivity contribution in [3.05, 3.63) is 29.8 Å². The van der Waals surface area contributed by atoms with Gasteiger partial charge in [-0.25, -0.2) is 0 Å². The molecule has 9 heteroatoms. The first-order valence-corrected chi connectivity index (χ1v) is 9.02. The summed E-state index contributed by atoms with van der Waals surface area (Å²) in [4.78, 5) is 44.4. The van der Waals surface area contributed by atoms with Gasteiger partial charge in [0, 0.05) is 12.1 Å². The second-order valence-corrected chi connectivity index (χ2v) is 6.45. The van der Waals surface area contributed by atoms with Crippen LogP contribution in [0.2, 0.25) is 0 Å². The lowest BCUT2D eigenvalue weighted by molar-refractivity contribution is -0.345. The van der Waals surface area contributed by atoms with Crippen LogP contribution in [0.1, 0.15) is 38.7 Å². The van der Waals surface area contributed by atoms with Crippen molar-refractivity contribution in [3.8, 4) is 0 Å². The Hall–Kier alpha value is -2.94. The number of carbonyl (C=O) groups is 4. The highest BCUT2D eigenvalue weighted by molar-refractivity contribution is 6.25. The van der Waals surface area contributed by atoms with Gasteiger partial charge in [0.05, 0.1) is 24.0 Å². The highest BCUT2D eigenvalue weighted by atomic mass is 16.4. The van der Waals surface area contributed by atoms with Crippen molar-refractivity contribution in [2.75, 3.05) is 4.90 Å². The van der Waals surface area contributed by atoms with Gasteiger partial charge in [-0.2, -0.15) is 0 Å². The van der Waals surface area contributed by atoms with E-state index in [4.69, 9.17) is 31.3 Å². The Bertz CT molecular complexity index is 724. The minimum absolute atomic E-state index is 0.00713. The molecule has 1 heterocycles. The normalized spacial score (nSPS) is 17.0. The number of nitrogens with two attached hydrogens (primary N) is 2. The minimum Gasteiger partial charge on any atom is -0.543 e. The monoisotopic (exact) mass is 391 g/mol. The number of carbonyl (C=O) groups excluding carboxylic acids is 4. The first-order valence-electron chi connectivity index (χ1n) is 9.02. The number of carboxylic acid groups (broad SMARTS) is 2. The van der Waals surface area contributed by atoms with Crippen molar-refractivity contribution < 1.29 is 29.4 Å². The summed E-state index contributed by atoms with van der Waals surface area (Å²) >= 11 is 0. The van der Waals surface area contributed by atoms with Crippen LogP contribution in [0.15, 0.2) is 24.3 Å². The summed E-state index contributed by atoms with van der Waals surface area (Å²) in [7, 11) is 0. The van der Waals surface area contributed by atoms with Crippen LogP contribution in [0.4, 0.5) is 5.69 Å². The average Bonchev–Trinajstić information content (AvgIpc) is 3.05. The van der Waals surface area contributed by atoms with Gasteiger partial charge in [0.2, 0.25) is 5.91 Å². The van der Waals surface area contributed by atoms with Crippen LogP contribution in [0.5, 0.6) is 0 Å². The number of carboxylic acids is 2. The molecule has 4 N–H and O–H groups in total. The van der Waals surface area contributed by atoms with E-state index < -0.39 is 29.9 Å². The molecular weight excluding hydrogens is 366 g/mol. The number of hydrogen-bond acceptors (Lipinski definition) is 8. The van der Waals surface area contributed by atoms with Crippen LogP contribution in [0.25, 0.3) is 0 Å². The van der Waals surface area contributed by atoms with Crippen LogP contribution in [0.3, 0.4) is 0 Å². The summed E-state index contributed by atoms with van der Waals surface area (Å²) in [5, 5.41) is 17.9. The van der Waals surface area contributed by atoms with E-state index in [2.05, 4.69) is 0 Å². The summed E-state index contributed by atoms with van der Waals surface area (Å²) in [6.07, 6.45) is 2.66. The van der Waals surface area contributed by atoms with Gasteiger partial charge in [-0.05, 0) is 24.5 Å². The van der Waals surface area contributed by atoms with Crippen LogP contribution < -0.4 is 26.6 Å². The van der Waals surface area contributed by atoms with Gasteiger partial charge < -0.3 is 36.2 Å².